The topological polar surface area (TPSA) is 101 Å². The number of nitro benzene ring substituents is 1. The van der Waals surface area contributed by atoms with Crippen LogP contribution in [0, 0.1) is 10.1 Å². The third-order valence-corrected chi connectivity index (χ3v) is 4.21. The Labute approximate surface area is 167 Å². The molecule has 146 valence electrons. The zero-order valence-electron chi connectivity index (χ0n) is 15.5. The summed E-state index contributed by atoms with van der Waals surface area (Å²) in [6.07, 6.45) is 0.976. The number of anilines is 2. The average Bonchev–Trinajstić information content (AvgIpc) is 2.73. The molecule has 0 bridgehead atoms. The van der Waals surface area contributed by atoms with Crippen LogP contribution in [-0.4, -0.2) is 16.7 Å². The molecule has 0 aromatic heterocycles. The van der Waals surface area contributed by atoms with Crippen molar-refractivity contribution in [2.45, 2.75) is 12.8 Å². The van der Waals surface area contributed by atoms with Gasteiger partial charge < -0.3 is 10.6 Å². The number of aryl methyl sites for hydroxylation is 1. The second-order valence-corrected chi connectivity index (χ2v) is 6.38. The number of nitro groups is 1. The molecule has 0 aliphatic heterocycles. The molecule has 0 aliphatic rings. The maximum absolute atomic E-state index is 12.4. The fourth-order valence-electron chi connectivity index (χ4n) is 2.76. The van der Waals surface area contributed by atoms with E-state index in [0.29, 0.717) is 24.2 Å². The molecule has 0 saturated heterocycles. The molecule has 0 radical (unpaired) electrons. The predicted octanol–water partition coefficient (Wildman–Crippen LogP) is 4.42. The van der Waals surface area contributed by atoms with Crippen molar-refractivity contribution in [3.05, 3.63) is 100 Å². The Kier molecular flexibility index (Phi) is 6.32. The first-order valence-electron chi connectivity index (χ1n) is 9.01. The first-order chi connectivity index (χ1) is 14.0. The molecule has 3 rings (SSSR count). The zero-order chi connectivity index (χ0) is 20.6. The van der Waals surface area contributed by atoms with Crippen LogP contribution in [0.2, 0.25) is 0 Å². The van der Waals surface area contributed by atoms with Crippen LogP contribution in [0.3, 0.4) is 0 Å². The summed E-state index contributed by atoms with van der Waals surface area (Å²) in [7, 11) is 0. The Morgan fingerprint density at radius 1 is 0.828 bits per heavy atom. The smallest absolute Gasteiger partial charge is 0.270 e. The van der Waals surface area contributed by atoms with Gasteiger partial charge in [-0.05, 0) is 36.2 Å². The van der Waals surface area contributed by atoms with Gasteiger partial charge in [0, 0.05) is 35.5 Å². The molecule has 2 amide bonds. The van der Waals surface area contributed by atoms with Crippen molar-refractivity contribution in [2.75, 3.05) is 10.6 Å². The van der Waals surface area contributed by atoms with Gasteiger partial charge in [0.2, 0.25) is 5.91 Å². The number of nitrogens with zero attached hydrogens (tertiary/aromatic N) is 1. The summed E-state index contributed by atoms with van der Waals surface area (Å²) in [6.45, 7) is 0. The number of hydrogen-bond donors (Lipinski definition) is 2. The summed E-state index contributed by atoms with van der Waals surface area (Å²) in [6, 6.07) is 22.0. The highest BCUT2D eigenvalue weighted by Crippen LogP contribution is 2.18. The first kappa shape index (κ1) is 19.8. The van der Waals surface area contributed by atoms with Gasteiger partial charge >= 0.3 is 0 Å². The van der Waals surface area contributed by atoms with Crippen molar-refractivity contribution in [2.24, 2.45) is 0 Å². The molecule has 0 spiro atoms. The van der Waals surface area contributed by atoms with E-state index >= 15 is 0 Å². The van der Waals surface area contributed by atoms with Gasteiger partial charge in [-0.25, -0.2) is 0 Å². The van der Waals surface area contributed by atoms with Crippen LogP contribution in [0.5, 0.6) is 0 Å². The van der Waals surface area contributed by atoms with Crippen molar-refractivity contribution < 1.29 is 14.5 Å². The lowest BCUT2D eigenvalue weighted by Crippen LogP contribution is -2.14. The largest absolute Gasteiger partial charge is 0.326 e. The van der Waals surface area contributed by atoms with Crippen molar-refractivity contribution in [1.82, 2.24) is 0 Å². The summed E-state index contributed by atoms with van der Waals surface area (Å²) in [5, 5.41) is 16.4. The zero-order valence-corrected chi connectivity index (χ0v) is 15.5. The minimum absolute atomic E-state index is 0.129. The van der Waals surface area contributed by atoms with Crippen LogP contribution >= 0.6 is 0 Å². The molecule has 0 atom stereocenters. The molecule has 0 aliphatic carbocycles. The normalized spacial score (nSPS) is 10.2. The maximum Gasteiger partial charge on any atom is 0.270 e. The summed E-state index contributed by atoms with van der Waals surface area (Å²) >= 11 is 0. The summed E-state index contributed by atoms with van der Waals surface area (Å²) < 4.78 is 0. The first-order valence-corrected chi connectivity index (χ1v) is 9.01. The van der Waals surface area contributed by atoms with Crippen LogP contribution in [0.25, 0.3) is 0 Å². The van der Waals surface area contributed by atoms with Gasteiger partial charge in [-0.2, -0.15) is 0 Å². The molecular formula is C22H19N3O4. The summed E-state index contributed by atoms with van der Waals surface area (Å²) in [5.74, 6) is -0.600. The molecule has 2 N–H and O–H groups in total. The Morgan fingerprint density at radius 2 is 1.52 bits per heavy atom. The summed E-state index contributed by atoms with van der Waals surface area (Å²) in [4.78, 5) is 34.8. The van der Waals surface area contributed by atoms with E-state index in [4.69, 9.17) is 0 Å². The van der Waals surface area contributed by atoms with E-state index in [9.17, 15) is 19.7 Å². The minimum atomic E-state index is -0.553. The molecule has 3 aromatic carbocycles. The Hall–Kier alpha value is -4.00. The number of carbonyl (C=O) groups is 2. The second kappa shape index (κ2) is 9.27. The number of benzene rings is 3. The highest BCUT2D eigenvalue weighted by atomic mass is 16.6. The number of amides is 2. The molecule has 3 aromatic rings. The molecule has 29 heavy (non-hydrogen) atoms. The molecule has 0 saturated carbocycles. The third-order valence-electron chi connectivity index (χ3n) is 4.21. The van der Waals surface area contributed by atoms with Crippen molar-refractivity contribution in [1.29, 1.82) is 0 Å². The lowest BCUT2D eigenvalue weighted by atomic mass is 10.1. The molecule has 0 unspecified atom stereocenters. The SMILES string of the molecule is O=C(CCc1ccccc1)Nc1cccc(NC(=O)c2cccc([N+](=O)[O-])c2)c1. The summed E-state index contributed by atoms with van der Waals surface area (Å²) in [5.41, 5.74) is 2.14. The van der Waals surface area contributed by atoms with Crippen LogP contribution in [0.15, 0.2) is 78.9 Å². The second-order valence-electron chi connectivity index (χ2n) is 6.38. The lowest BCUT2D eigenvalue weighted by Gasteiger charge is -2.09. The van der Waals surface area contributed by atoms with E-state index in [1.54, 1.807) is 24.3 Å². The van der Waals surface area contributed by atoms with Gasteiger partial charge in [-0.3, -0.25) is 19.7 Å². The number of rotatable bonds is 7. The third kappa shape index (κ3) is 5.74. The van der Waals surface area contributed by atoms with E-state index in [1.165, 1.54) is 24.3 Å². The van der Waals surface area contributed by atoms with Gasteiger partial charge in [0.05, 0.1) is 4.92 Å². The molecule has 7 heteroatoms. The van der Waals surface area contributed by atoms with Crippen LogP contribution in [0.4, 0.5) is 17.1 Å². The van der Waals surface area contributed by atoms with Crippen molar-refractivity contribution in [3.8, 4) is 0 Å². The molecule has 7 nitrogen and oxygen atoms in total. The van der Waals surface area contributed by atoms with Crippen LogP contribution in [0.1, 0.15) is 22.3 Å². The molecule has 0 fully saturated rings. The highest BCUT2D eigenvalue weighted by molar-refractivity contribution is 6.05. The van der Waals surface area contributed by atoms with Crippen molar-refractivity contribution >= 4 is 28.9 Å². The fraction of sp³-hybridized carbons (Fsp3) is 0.0909. The van der Waals surface area contributed by atoms with Gasteiger partial charge in [0.25, 0.3) is 11.6 Å². The average molecular weight is 389 g/mol. The highest BCUT2D eigenvalue weighted by Gasteiger charge is 2.12. The van der Waals surface area contributed by atoms with E-state index in [2.05, 4.69) is 10.6 Å². The van der Waals surface area contributed by atoms with Crippen LogP contribution < -0.4 is 10.6 Å². The van der Waals surface area contributed by atoms with Gasteiger partial charge in [0.15, 0.2) is 0 Å². The quantitative estimate of drug-likeness (QED) is 0.461. The van der Waals surface area contributed by atoms with E-state index in [-0.39, 0.29) is 17.2 Å². The van der Waals surface area contributed by atoms with E-state index in [1.807, 2.05) is 30.3 Å². The predicted molar refractivity (Wildman–Crippen MR) is 111 cm³/mol. The lowest BCUT2D eigenvalue weighted by molar-refractivity contribution is -0.384. The van der Waals surface area contributed by atoms with E-state index in [0.717, 1.165) is 5.56 Å². The van der Waals surface area contributed by atoms with Gasteiger partial charge in [-0.15, -0.1) is 0 Å². The maximum atomic E-state index is 12.4. The number of nitrogens with one attached hydrogen (secondary N) is 2. The Morgan fingerprint density at radius 3 is 2.24 bits per heavy atom. The number of hydrogen-bond acceptors (Lipinski definition) is 4. The monoisotopic (exact) mass is 389 g/mol. The number of carbonyl (C=O) groups excluding carboxylic acids is 2. The minimum Gasteiger partial charge on any atom is -0.326 e. The number of non-ortho nitro benzene ring substituents is 1. The molecular weight excluding hydrogens is 370 g/mol. The van der Waals surface area contributed by atoms with Gasteiger partial charge in [-0.1, -0.05) is 42.5 Å². The Bertz CT molecular complexity index is 1030. The van der Waals surface area contributed by atoms with Crippen LogP contribution in [-0.2, 0) is 11.2 Å². The van der Waals surface area contributed by atoms with Gasteiger partial charge in [0.1, 0.15) is 0 Å². The fourth-order valence-corrected chi connectivity index (χ4v) is 2.76. The van der Waals surface area contributed by atoms with E-state index < -0.39 is 10.8 Å². The molecule has 0 heterocycles. The Balaban J connectivity index is 1.60. The van der Waals surface area contributed by atoms with Crippen molar-refractivity contribution in [3.63, 3.8) is 0 Å². The standard InChI is InChI=1S/C22H19N3O4/c26-21(13-12-16-6-2-1-3-7-16)23-18-9-5-10-19(15-18)24-22(27)17-8-4-11-20(14-17)25(28)29/h1-11,14-15H,12-13H2,(H,23,26)(H,24,27).